The highest BCUT2D eigenvalue weighted by atomic mass is 35.5. The third kappa shape index (κ3) is 7.41. The fourth-order valence-corrected chi connectivity index (χ4v) is 6.03. The maximum Gasteiger partial charge on any atom is 0.270 e. The summed E-state index contributed by atoms with van der Waals surface area (Å²) >= 11 is 12.7. The quantitative estimate of drug-likeness (QED) is 0.102. The van der Waals surface area contributed by atoms with Gasteiger partial charge in [0.1, 0.15) is 5.69 Å². The minimum absolute atomic E-state index is 0.0134. The lowest BCUT2D eigenvalue weighted by Gasteiger charge is -2.21. The Labute approximate surface area is 269 Å². The molecule has 0 radical (unpaired) electrons. The van der Waals surface area contributed by atoms with Crippen molar-refractivity contribution in [3.05, 3.63) is 136 Å². The second-order valence-corrected chi connectivity index (χ2v) is 11.9. The van der Waals surface area contributed by atoms with Crippen molar-refractivity contribution in [1.82, 2.24) is 20.2 Å². The predicted molar refractivity (Wildman–Crippen MR) is 184 cm³/mol. The van der Waals surface area contributed by atoms with E-state index in [0.29, 0.717) is 15.7 Å². The van der Waals surface area contributed by atoms with Crippen molar-refractivity contribution >= 4 is 40.0 Å². The average Bonchev–Trinajstić information content (AvgIpc) is 3.45. The summed E-state index contributed by atoms with van der Waals surface area (Å²) in [6.07, 6.45) is 6.43. The number of nitrogens with zero attached hydrogens (tertiary/aromatic N) is 2. The van der Waals surface area contributed by atoms with Crippen molar-refractivity contribution < 1.29 is 4.79 Å². The van der Waals surface area contributed by atoms with Crippen molar-refractivity contribution in [1.29, 1.82) is 0 Å². The zero-order valence-corrected chi connectivity index (χ0v) is 26.7. The molecule has 0 saturated carbocycles. The zero-order chi connectivity index (χ0) is 31.1. The van der Waals surface area contributed by atoms with Gasteiger partial charge in [-0.25, -0.2) is 4.98 Å². The number of benzene rings is 3. The second-order valence-electron chi connectivity index (χ2n) is 11.0. The first-order valence-electron chi connectivity index (χ1n) is 15.1. The molecule has 0 aliphatic heterocycles. The van der Waals surface area contributed by atoms with E-state index in [0.717, 1.165) is 71.2 Å². The van der Waals surface area contributed by atoms with Crippen LogP contribution in [0.15, 0.2) is 104 Å². The van der Waals surface area contributed by atoms with Crippen molar-refractivity contribution in [2.75, 3.05) is 13.1 Å². The summed E-state index contributed by atoms with van der Waals surface area (Å²) in [6.45, 7) is 7.66. The molecule has 0 fully saturated rings. The molecule has 226 valence electrons. The largest absolute Gasteiger partial charge is 0.354 e. The van der Waals surface area contributed by atoms with E-state index < -0.39 is 0 Å². The third-order valence-corrected chi connectivity index (χ3v) is 8.48. The predicted octanol–water partition coefficient (Wildman–Crippen LogP) is 8.79. The van der Waals surface area contributed by atoms with Crippen LogP contribution in [-0.4, -0.2) is 34.6 Å². The molecule has 2 N–H and O–H groups in total. The van der Waals surface area contributed by atoms with Crippen LogP contribution in [0.5, 0.6) is 0 Å². The molecule has 0 aliphatic carbocycles. The van der Waals surface area contributed by atoms with Crippen molar-refractivity contribution in [2.45, 2.75) is 38.1 Å². The van der Waals surface area contributed by atoms with Crippen LogP contribution in [0.3, 0.4) is 0 Å². The van der Waals surface area contributed by atoms with Gasteiger partial charge in [-0.3, -0.25) is 4.79 Å². The summed E-state index contributed by atoms with van der Waals surface area (Å²) in [7, 11) is 2.06. The molecule has 5 aromatic rings. The molecule has 2 atom stereocenters. The van der Waals surface area contributed by atoms with E-state index in [2.05, 4.69) is 78.3 Å². The van der Waals surface area contributed by atoms with E-state index >= 15 is 0 Å². The van der Waals surface area contributed by atoms with Gasteiger partial charge in [0.15, 0.2) is 0 Å². The smallest absolute Gasteiger partial charge is 0.270 e. The number of hydrogen-bond donors (Lipinski definition) is 2. The van der Waals surface area contributed by atoms with Crippen LogP contribution < -0.4 is 10.6 Å². The summed E-state index contributed by atoms with van der Waals surface area (Å²) < 4.78 is 2.14. The molecule has 1 amide bonds. The van der Waals surface area contributed by atoms with Gasteiger partial charge in [-0.1, -0.05) is 66.5 Å². The van der Waals surface area contributed by atoms with E-state index in [1.54, 1.807) is 0 Å². The van der Waals surface area contributed by atoms with Gasteiger partial charge in [-0.05, 0) is 109 Å². The highest BCUT2D eigenvalue weighted by Gasteiger charge is 2.22. The Hall–Kier alpha value is -3.90. The van der Waals surface area contributed by atoms with E-state index in [1.807, 2.05) is 54.6 Å². The number of aryl methyl sites for hydroxylation is 1. The first-order chi connectivity index (χ1) is 21.4. The molecular formula is C37H38Cl2N4O. The normalized spacial score (nSPS) is 12.6. The van der Waals surface area contributed by atoms with Gasteiger partial charge in [0.2, 0.25) is 0 Å². The molecule has 2 unspecified atom stereocenters. The third-order valence-electron chi connectivity index (χ3n) is 7.99. The monoisotopic (exact) mass is 624 g/mol. The number of carbonyl (C=O) groups is 1. The Morgan fingerprint density at radius 3 is 2.45 bits per heavy atom. The number of nitrogens with one attached hydrogen (secondary N) is 2. The van der Waals surface area contributed by atoms with Gasteiger partial charge in [-0.15, -0.1) is 6.58 Å². The topological polar surface area (TPSA) is 58.9 Å². The van der Waals surface area contributed by atoms with E-state index in [-0.39, 0.29) is 17.9 Å². The molecule has 44 heavy (non-hydrogen) atoms. The highest BCUT2D eigenvalue weighted by Crippen LogP contribution is 2.37. The van der Waals surface area contributed by atoms with Crippen LogP contribution in [0.25, 0.3) is 22.0 Å². The number of carbonyl (C=O) groups excluding carboxylic acids is 1. The van der Waals surface area contributed by atoms with Crippen LogP contribution >= 0.6 is 23.2 Å². The molecular weight excluding hydrogens is 587 g/mol. The van der Waals surface area contributed by atoms with Crippen LogP contribution in [-0.2, 0) is 7.05 Å². The minimum Gasteiger partial charge on any atom is -0.354 e. The molecule has 0 bridgehead atoms. The molecule has 0 saturated heterocycles. The van der Waals surface area contributed by atoms with Crippen molar-refractivity contribution in [3.8, 4) is 11.1 Å². The number of allylic oxidation sites excluding steroid dienone is 1. The zero-order valence-electron chi connectivity index (χ0n) is 25.2. The maximum atomic E-state index is 13.7. The van der Waals surface area contributed by atoms with Crippen molar-refractivity contribution in [3.63, 3.8) is 0 Å². The SMILES string of the molecule is C=CCCC(CCNCC)NC(=O)c1cc(-c2cccc(Cl)c2)c2cc(C(c3ccc(Cl)cc3)c3cccn3C)ccc2n1. The Kier molecular flexibility index (Phi) is 10.5. The van der Waals surface area contributed by atoms with Gasteiger partial charge >= 0.3 is 0 Å². The fourth-order valence-electron chi connectivity index (χ4n) is 5.72. The van der Waals surface area contributed by atoms with E-state index in [4.69, 9.17) is 28.2 Å². The molecule has 7 heteroatoms. The summed E-state index contributed by atoms with van der Waals surface area (Å²) in [6, 6.07) is 28.2. The standard InChI is InChI=1S/C37H38Cl2N4O/c1-4-6-11-30(19-20-40-5-2)41-37(44)34-24-31(26-9-7-10-29(39)22-26)32-23-27(15-18-33(32)42-34)36(35-12-8-21-43(35)3)25-13-16-28(38)17-14-25/h4,7-10,12-18,21-24,30,36,40H,1,5-6,11,19-20H2,2-3H3,(H,41,44). The average molecular weight is 626 g/mol. The number of aromatic nitrogens is 2. The molecule has 0 aliphatic rings. The first kappa shape index (κ1) is 31.5. The van der Waals surface area contributed by atoms with Gasteiger partial charge in [-0.2, -0.15) is 0 Å². The Balaban J connectivity index is 1.61. The minimum atomic E-state index is -0.187. The maximum absolute atomic E-state index is 13.7. The lowest BCUT2D eigenvalue weighted by atomic mass is 9.86. The molecule has 2 heterocycles. The second kappa shape index (κ2) is 14.7. The van der Waals surface area contributed by atoms with Crippen LogP contribution in [0.1, 0.15) is 59.4 Å². The number of rotatable bonds is 13. The van der Waals surface area contributed by atoms with Gasteiger partial charge < -0.3 is 15.2 Å². The van der Waals surface area contributed by atoms with Gasteiger partial charge in [0.05, 0.1) is 5.52 Å². The summed E-state index contributed by atoms with van der Waals surface area (Å²) in [4.78, 5) is 18.5. The van der Waals surface area contributed by atoms with Crippen LogP contribution in [0.4, 0.5) is 0 Å². The number of hydrogen-bond acceptors (Lipinski definition) is 3. The Morgan fingerprint density at radius 2 is 1.75 bits per heavy atom. The Morgan fingerprint density at radius 1 is 0.955 bits per heavy atom. The van der Waals surface area contributed by atoms with Crippen molar-refractivity contribution in [2.24, 2.45) is 7.05 Å². The number of fused-ring (bicyclic) bond motifs is 1. The van der Waals surface area contributed by atoms with Gasteiger partial charge in [0, 0.05) is 46.3 Å². The highest BCUT2D eigenvalue weighted by molar-refractivity contribution is 6.31. The summed E-state index contributed by atoms with van der Waals surface area (Å²) in [5.41, 5.74) is 6.35. The Bertz CT molecular complexity index is 1740. The molecule has 5 nitrogen and oxygen atoms in total. The number of halogens is 2. The summed E-state index contributed by atoms with van der Waals surface area (Å²) in [5.74, 6) is -0.220. The van der Waals surface area contributed by atoms with Crippen LogP contribution in [0.2, 0.25) is 10.0 Å². The molecule has 2 aromatic heterocycles. The number of pyridine rings is 1. The first-order valence-corrected chi connectivity index (χ1v) is 15.8. The fraction of sp³-hybridized carbons (Fsp3) is 0.243. The van der Waals surface area contributed by atoms with E-state index in [1.165, 1.54) is 0 Å². The molecule has 3 aromatic carbocycles. The lowest BCUT2D eigenvalue weighted by molar-refractivity contribution is 0.0928. The lowest BCUT2D eigenvalue weighted by Crippen LogP contribution is -2.37. The van der Waals surface area contributed by atoms with E-state index in [9.17, 15) is 4.79 Å². The molecule has 0 spiro atoms. The summed E-state index contributed by atoms with van der Waals surface area (Å²) in [5, 5.41) is 8.87. The van der Waals surface area contributed by atoms with Crippen LogP contribution in [0, 0.1) is 0 Å². The number of amides is 1. The molecule has 5 rings (SSSR count). The van der Waals surface area contributed by atoms with Gasteiger partial charge in [0.25, 0.3) is 5.91 Å².